The second-order valence-corrected chi connectivity index (χ2v) is 11.2. The van der Waals surface area contributed by atoms with Crippen LogP contribution in [0, 0.1) is 12.8 Å². The molecule has 0 bridgehead atoms. The Morgan fingerprint density at radius 2 is 1.81 bits per heavy atom. The van der Waals surface area contributed by atoms with Crippen LogP contribution in [0.15, 0.2) is 29.2 Å². The van der Waals surface area contributed by atoms with Gasteiger partial charge in [-0.3, -0.25) is 8.98 Å². The molecular formula is C23H36N2O6S. The van der Waals surface area contributed by atoms with Gasteiger partial charge in [-0.05, 0) is 71.4 Å². The second kappa shape index (κ2) is 11.1. The number of aryl methyl sites for hydroxylation is 1. The Labute approximate surface area is 191 Å². The first-order valence-corrected chi connectivity index (χ1v) is 12.5. The van der Waals surface area contributed by atoms with Crippen LogP contribution in [0.25, 0.3) is 0 Å². The summed E-state index contributed by atoms with van der Waals surface area (Å²) in [5.74, 6) is -0.199. The third-order valence-corrected chi connectivity index (χ3v) is 6.47. The molecule has 2 unspecified atom stereocenters. The first-order chi connectivity index (χ1) is 14.8. The third kappa shape index (κ3) is 9.16. The van der Waals surface area contributed by atoms with Gasteiger partial charge in [0.05, 0.1) is 11.0 Å². The number of nitrogens with one attached hydrogen (secondary N) is 2. The lowest BCUT2D eigenvalue weighted by Crippen LogP contribution is -2.42. The van der Waals surface area contributed by atoms with E-state index in [4.69, 9.17) is 8.92 Å². The molecule has 1 aliphatic rings. The number of hydrogen-bond donors (Lipinski definition) is 2. The molecule has 180 valence electrons. The van der Waals surface area contributed by atoms with Crippen LogP contribution in [0.1, 0.15) is 65.4 Å². The van der Waals surface area contributed by atoms with Gasteiger partial charge in [-0.2, -0.15) is 8.42 Å². The van der Waals surface area contributed by atoms with Crippen molar-refractivity contribution in [1.29, 1.82) is 0 Å². The minimum Gasteiger partial charge on any atom is -0.444 e. The van der Waals surface area contributed by atoms with Gasteiger partial charge in [0.1, 0.15) is 5.60 Å². The van der Waals surface area contributed by atoms with Crippen molar-refractivity contribution in [1.82, 2.24) is 10.6 Å². The van der Waals surface area contributed by atoms with Gasteiger partial charge in [0.25, 0.3) is 10.1 Å². The number of carbonyl (C=O) groups excluding carboxylic acids is 2. The molecule has 0 aliphatic heterocycles. The number of alkyl carbamates (subject to hydrolysis) is 1. The molecule has 0 heterocycles. The summed E-state index contributed by atoms with van der Waals surface area (Å²) in [4.78, 5) is 24.3. The van der Waals surface area contributed by atoms with Crippen molar-refractivity contribution in [2.45, 2.75) is 89.4 Å². The average molecular weight is 469 g/mol. The van der Waals surface area contributed by atoms with E-state index in [0.29, 0.717) is 19.4 Å². The largest absolute Gasteiger partial charge is 0.444 e. The maximum absolute atomic E-state index is 12.5. The number of hydrogen-bond acceptors (Lipinski definition) is 6. The van der Waals surface area contributed by atoms with Crippen molar-refractivity contribution in [3.8, 4) is 0 Å². The van der Waals surface area contributed by atoms with E-state index in [1.165, 1.54) is 0 Å². The molecule has 0 saturated heterocycles. The molecule has 2 rings (SSSR count). The highest BCUT2D eigenvalue weighted by molar-refractivity contribution is 7.86. The maximum atomic E-state index is 12.5. The number of carbonyl (C=O) groups is 2. The lowest BCUT2D eigenvalue weighted by atomic mass is 9.92. The fourth-order valence-electron chi connectivity index (χ4n) is 3.55. The number of ether oxygens (including phenoxy) is 1. The molecular weight excluding hydrogens is 432 g/mol. The van der Waals surface area contributed by atoms with Crippen LogP contribution in [0.5, 0.6) is 0 Å². The van der Waals surface area contributed by atoms with Crippen LogP contribution in [0.2, 0.25) is 0 Å². The molecule has 2 N–H and O–H groups in total. The Bertz CT molecular complexity index is 877. The molecule has 2 amide bonds. The van der Waals surface area contributed by atoms with Crippen molar-refractivity contribution in [3.63, 3.8) is 0 Å². The number of rotatable bonds is 8. The SMILES string of the molecule is Cc1ccc(S(=O)(=O)OC2CCC[C@@H](NC(=O)CC(C)CNC(=O)OC(C)(C)C)C2)cc1. The molecule has 1 fully saturated rings. The predicted molar refractivity (Wildman–Crippen MR) is 122 cm³/mol. The topological polar surface area (TPSA) is 111 Å². The van der Waals surface area contributed by atoms with E-state index in [2.05, 4.69) is 10.6 Å². The van der Waals surface area contributed by atoms with Gasteiger partial charge in [0, 0.05) is 19.0 Å². The fourth-order valence-corrected chi connectivity index (χ4v) is 4.66. The Hall–Kier alpha value is -2.13. The first-order valence-electron chi connectivity index (χ1n) is 11.1. The molecule has 0 radical (unpaired) electrons. The van der Waals surface area contributed by atoms with Crippen LogP contribution in [0.4, 0.5) is 4.79 Å². The zero-order valence-corrected chi connectivity index (χ0v) is 20.5. The Morgan fingerprint density at radius 3 is 2.44 bits per heavy atom. The number of amides is 2. The van der Waals surface area contributed by atoms with E-state index in [1.54, 1.807) is 45.0 Å². The first kappa shape index (κ1) is 26.1. The summed E-state index contributed by atoms with van der Waals surface area (Å²) in [5, 5.41) is 5.65. The van der Waals surface area contributed by atoms with Gasteiger partial charge in [0.2, 0.25) is 5.91 Å². The van der Waals surface area contributed by atoms with Crippen LogP contribution < -0.4 is 10.6 Å². The minimum absolute atomic E-state index is 0.0694. The Morgan fingerprint density at radius 1 is 1.16 bits per heavy atom. The van der Waals surface area contributed by atoms with Crippen molar-refractivity contribution >= 4 is 22.1 Å². The summed E-state index contributed by atoms with van der Waals surface area (Å²) in [5.41, 5.74) is 0.400. The van der Waals surface area contributed by atoms with Crippen LogP contribution >= 0.6 is 0 Å². The highest BCUT2D eigenvalue weighted by Gasteiger charge is 2.29. The van der Waals surface area contributed by atoms with Gasteiger partial charge in [-0.1, -0.05) is 24.6 Å². The molecule has 3 atom stereocenters. The van der Waals surface area contributed by atoms with Crippen LogP contribution in [0.3, 0.4) is 0 Å². The zero-order chi connectivity index (χ0) is 23.9. The monoisotopic (exact) mass is 468 g/mol. The van der Waals surface area contributed by atoms with Crippen molar-refractivity contribution in [2.24, 2.45) is 5.92 Å². The van der Waals surface area contributed by atoms with Gasteiger partial charge in [-0.15, -0.1) is 0 Å². The van der Waals surface area contributed by atoms with E-state index in [0.717, 1.165) is 18.4 Å². The molecule has 9 heteroatoms. The molecule has 1 aromatic rings. The van der Waals surface area contributed by atoms with Crippen molar-refractivity contribution in [3.05, 3.63) is 29.8 Å². The molecule has 0 spiro atoms. The van der Waals surface area contributed by atoms with Gasteiger partial charge in [0.15, 0.2) is 0 Å². The molecule has 1 aromatic carbocycles. The average Bonchev–Trinajstić information content (AvgIpc) is 2.65. The summed E-state index contributed by atoms with van der Waals surface area (Å²) in [6, 6.07) is 6.41. The van der Waals surface area contributed by atoms with E-state index in [1.807, 2.05) is 13.8 Å². The third-order valence-electron chi connectivity index (χ3n) is 5.09. The number of benzene rings is 1. The molecule has 1 saturated carbocycles. The molecule has 1 aliphatic carbocycles. The van der Waals surface area contributed by atoms with E-state index in [9.17, 15) is 18.0 Å². The van der Waals surface area contributed by atoms with Crippen LogP contribution in [-0.2, 0) is 23.8 Å². The molecule has 0 aromatic heterocycles. The van der Waals surface area contributed by atoms with Crippen molar-refractivity contribution < 1.29 is 26.9 Å². The van der Waals surface area contributed by atoms with Crippen molar-refractivity contribution in [2.75, 3.05) is 6.54 Å². The Kier molecular flexibility index (Phi) is 9.09. The minimum atomic E-state index is -3.84. The maximum Gasteiger partial charge on any atom is 0.407 e. The summed E-state index contributed by atoms with van der Waals surface area (Å²) in [6.07, 6.45) is 1.91. The molecule has 8 nitrogen and oxygen atoms in total. The molecule has 32 heavy (non-hydrogen) atoms. The van der Waals surface area contributed by atoms with E-state index >= 15 is 0 Å². The predicted octanol–water partition coefficient (Wildman–Crippen LogP) is 3.68. The van der Waals surface area contributed by atoms with Gasteiger partial charge >= 0.3 is 6.09 Å². The van der Waals surface area contributed by atoms with Gasteiger partial charge < -0.3 is 15.4 Å². The summed E-state index contributed by atoms with van der Waals surface area (Å²) in [6.45, 7) is 9.45. The standard InChI is InChI=1S/C23H36N2O6S/c1-16-9-11-20(12-10-16)32(28,29)31-19-8-6-7-18(14-19)25-21(26)13-17(2)15-24-22(27)30-23(3,4)5/h9-12,17-19H,6-8,13-15H2,1-5H3,(H,24,27)(H,25,26)/t17?,18-,19?/m1/s1. The lowest BCUT2D eigenvalue weighted by Gasteiger charge is -2.29. The summed E-state index contributed by atoms with van der Waals surface area (Å²) in [7, 11) is -3.84. The smallest absolute Gasteiger partial charge is 0.407 e. The Balaban J connectivity index is 1.79. The quantitative estimate of drug-likeness (QED) is 0.563. The fraction of sp³-hybridized carbons (Fsp3) is 0.652. The van der Waals surface area contributed by atoms with E-state index < -0.39 is 27.9 Å². The highest BCUT2D eigenvalue weighted by atomic mass is 32.2. The highest BCUT2D eigenvalue weighted by Crippen LogP contribution is 2.25. The lowest BCUT2D eigenvalue weighted by molar-refractivity contribution is -0.123. The summed E-state index contributed by atoms with van der Waals surface area (Å²) < 4.78 is 35.7. The zero-order valence-electron chi connectivity index (χ0n) is 19.6. The summed E-state index contributed by atoms with van der Waals surface area (Å²) >= 11 is 0. The van der Waals surface area contributed by atoms with E-state index in [-0.39, 0.29) is 29.2 Å². The van der Waals surface area contributed by atoms with Crippen LogP contribution in [-0.4, -0.2) is 44.7 Å². The normalized spacial score (nSPS) is 20.3. The van der Waals surface area contributed by atoms with Gasteiger partial charge in [-0.25, -0.2) is 4.79 Å². The second-order valence-electron chi connectivity index (χ2n) is 9.61.